The number of allylic oxidation sites excluding steroid dienone is 1. The third kappa shape index (κ3) is 4.80. The molecule has 1 aliphatic rings. The first-order valence-electron chi connectivity index (χ1n) is 10.6. The number of rotatable bonds is 10. The Balaban J connectivity index is 2.09. The molecule has 0 aliphatic carbocycles. The van der Waals surface area contributed by atoms with Gasteiger partial charge in [0, 0.05) is 17.0 Å². The molecule has 0 fully saturated rings. The summed E-state index contributed by atoms with van der Waals surface area (Å²) < 4.78 is 13.3. The fourth-order valence-electron chi connectivity index (χ4n) is 3.26. The Morgan fingerprint density at radius 2 is 1.93 bits per heavy atom. The zero-order valence-electron chi connectivity index (χ0n) is 18.1. The Bertz CT molecular complexity index is 910. The molecular weight excluding hydrogens is 400 g/mol. The van der Waals surface area contributed by atoms with Crippen LogP contribution in [0.25, 0.3) is 0 Å². The van der Waals surface area contributed by atoms with Gasteiger partial charge in [0.1, 0.15) is 11.8 Å². The van der Waals surface area contributed by atoms with Crippen LogP contribution in [0.4, 0.5) is 5.95 Å². The maximum absolute atomic E-state index is 13.0. The molecule has 2 heterocycles. The molecule has 2 aromatic rings. The molecule has 0 saturated heterocycles. The summed E-state index contributed by atoms with van der Waals surface area (Å²) in [7, 11) is 0. The lowest BCUT2D eigenvalue weighted by atomic mass is 9.95. The molecule has 1 atom stereocenters. The lowest BCUT2D eigenvalue weighted by Crippen LogP contribution is -2.30. The van der Waals surface area contributed by atoms with Gasteiger partial charge in [0.2, 0.25) is 11.1 Å². The van der Waals surface area contributed by atoms with E-state index in [1.54, 1.807) is 16.4 Å². The van der Waals surface area contributed by atoms with E-state index in [0.29, 0.717) is 29.9 Å². The van der Waals surface area contributed by atoms with E-state index in [1.807, 2.05) is 38.1 Å². The minimum absolute atomic E-state index is 0.346. The van der Waals surface area contributed by atoms with Gasteiger partial charge in [0.15, 0.2) is 0 Å². The Kier molecular flexibility index (Phi) is 7.79. The van der Waals surface area contributed by atoms with Crippen LogP contribution in [-0.4, -0.2) is 39.7 Å². The summed E-state index contributed by atoms with van der Waals surface area (Å²) in [6.45, 7) is 9.02. The number of carbonyl (C=O) groups excluding carboxylic acids is 1. The van der Waals surface area contributed by atoms with Gasteiger partial charge in [0.25, 0.3) is 0 Å². The highest BCUT2D eigenvalue weighted by Gasteiger charge is 2.36. The number of nitrogens with zero attached hydrogens (tertiary/aromatic N) is 3. The minimum atomic E-state index is -0.470. The molecular formula is C22H30N4O3S. The first kappa shape index (κ1) is 22.2. The molecule has 8 heteroatoms. The predicted molar refractivity (Wildman–Crippen MR) is 119 cm³/mol. The summed E-state index contributed by atoms with van der Waals surface area (Å²) in [6, 6.07) is 7.32. The molecule has 0 bridgehead atoms. The summed E-state index contributed by atoms with van der Waals surface area (Å²) in [5.74, 6) is 1.95. The molecule has 1 unspecified atom stereocenters. The normalized spacial score (nSPS) is 15.5. The average Bonchev–Trinajstić information content (AvgIpc) is 3.16. The number of fused-ring (bicyclic) bond motifs is 1. The van der Waals surface area contributed by atoms with Crippen molar-refractivity contribution in [2.75, 3.05) is 24.3 Å². The minimum Gasteiger partial charge on any atom is -0.493 e. The van der Waals surface area contributed by atoms with Gasteiger partial charge in [-0.25, -0.2) is 9.48 Å². The maximum atomic E-state index is 13.0. The highest BCUT2D eigenvalue weighted by atomic mass is 32.2. The third-order valence-electron chi connectivity index (χ3n) is 4.60. The Labute approximate surface area is 182 Å². The van der Waals surface area contributed by atoms with Crippen molar-refractivity contribution < 1.29 is 14.3 Å². The topological polar surface area (TPSA) is 78.3 Å². The summed E-state index contributed by atoms with van der Waals surface area (Å²) in [5.41, 5.74) is 2.12. The maximum Gasteiger partial charge on any atom is 0.338 e. The number of para-hydroxylation sites is 1. The molecule has 1 N–H and O–H groups in total. The van der Waals surface area contributed by atoms with E-state index < -0.39 is 6.04 Å². The van der Waals surface area contributed by atoms with Gasteiger partial charge < -0.3 is 14.8 Å². The average molecular weight is 431 g/mol. The van der Waals surface area contributed by atoms with Gasteiger partial charge in [-0.05, 0) is 32.3 Å². The molecule has 30 heavy (non-hydrogen) atoms. The van der Waals surface area contributed by atoms with Crippen molar-refractivity contribution in [3.63, 3.8) is 0 Å². The standard InChI is InChI=1S/C22H30N4O3S/c1-5-12-28-17-11-9-8-10-16(17)19-18(20(27)29-13-6-2)15(4)23-21-24-22(25-26(19)21)30-14-7-3/h8-11,19H,5-7,12-14H2,1-4H3,(H,23,24,25). The highest BCUT2D eigenvalue weighted by Crippen LogP contribution is 2.40. The van der Waals surface area contributed by atoms with Crippen LogP contribution in [0.2, 0.25) is 0 Å². The number of thioether (sulfide) groups is 1. The lowest BCUT2D eigenvalue weighted by Gasteiger charge is -2.29. The van der Waals surface area contributed by atoms with Crippen LogP contribution in [0.1, 0.15) is 58.6 Å². The molecule has 1 aliphatic heterocycles. The summed E-state index contributed by atoms with van der Waals surface area (Å²) >= 11 is 1.60. The van der Waals surface area contributed by atoms with E-state index in [9.17, 15) is 4.79 Å². The van der Waals surface area contributed by atoms with Crippen LogP contribution in [0.3, 0.4) is 0 Å². The van der Waals surface area contributed by atoms with E-state index in [-0.39, 0.29) is 5.97 Å². The molecule has 0 amide bonds. The number of ether oxygens (including phenoxy) is 2. The Morgan fingerprint density at radius 1 is 1.17 bits per heavy atom. The fraction of sp³-hybridized carbons (Fsp3) is 0.500. The van der Waals surface area contributed by atoms with Crippen LogP contribution in [0.15, 0.2) is 40.7 Å². The zero-order chi connectivity index (χ0) is 21.5. The molecule has 0 saturated carbocycles. The predicted octanol–water partition coefficient (Wildman–Crippen LogP) is 4.81. The van der Waals surface area contributed by atoms with Gasteiger partial charge >= 0.3 is 5.97 Å². The van der Waals surface area contributed by atoms with E-state index in [2.05, 4.69) is 24.1 Å². The van der Waals surface area contributed by atoms with Crippen molar-refractivity contribution in [1.82, 2.24) is 14.8 Å². The van der Waals surface area contributed by atoms with Gasteiger partial charge in [-0.2, -0.15) is 4.98 Å². The number of anilines is 1. The van der Waals surface area contributed by atoms with E-state index >= 15 is 0 Å². The molecule has 162 valence electrons. The van der Waals surface area contributed by atoms with E-state index in [1.165, 1.54) is 0 Å². The smallest absolute Gasteiger partial charge is 0.338 e. The number of hydrogen-bond acceptors (Lipinski definition) is 7. The quantitative estimate of drug-likeness (QED) is 0.428. The summed E-state index contributed by atoms with van der Waals surface area (Å²) in [6.07, 6.45) is 2.69. The molecule has 0 radical (unpaired) electrons. The molecule has 1 aromatic heterocycles. The molecule has 3 rings (SSSR count). The van der Waals surface area contributed by atoms with Gasteiger partial charge in [-0.15, -0.1) is 5.10 Å². The highest BCUT2D eigenvalue weighted by molar-refractivity contribution is 7.99. The summed E-state index contributed by atoms with van der Waals surface area (Å²) in [5, 5.41) is 8.65. The Morgan fingerprint density at radius 3 is 2.67 bits per heavy atom. The number of hydrogen-bond donors (Lipinski definition) is 1. The van der Waals surface area contributed by atoms with Crippen LogP contribution >= 0.6 is 11.8 Å². The molecule has 7 nitrogen and oxygen atoms in total. The van der Waals surface area contributed by atoms with Gasteiger partial charge in [-0.3, -0.25) is 0 Å². The van der Waals surface area contributed by atoms with Crippen LogP contribution < -0.4 is 10.1 Å². The summed E-state index contributed by atoms with van der Waals surface area (Å²) in [4.78, 5) is 17.7. The fourth-order valence-corrected chi connectivity index (χ4v) is 3.94. The van der Waals surface area contributed by atoms with Crippen molar-refractivity contribution in [3.05, 3.63) is 41.1 Å². The zero-order valence-corrected chi connectivity index (χ0v) is 18.9. The van der Waals surface area contributed by atoms with Gasteiger partial charge in [0.05, 0.1) is 18.8 Å². The second-order valence-corrected chi connectivity index (χ2v) is 8.16. The number of carbonyl (C=O) groups is 1. The third-order valence-corrected chi connectivity index (χ3v) is 5.64. The lowest BCUT2D eigenvalue weighted by molar-refractivity contribution is -0.139. The van der Waals surface area contributed by atoms with Crippen LogP contribution in [0.5, 0.6) is 5.75 Å². The van der Waals surface area contributed by atoms with E-state index in [4.69, 9.17) is 14.6 Å². The van der Waals surface area contributed by atoms with Crippen LogP contribution in [0, 0.1) is 0 Å². The van der Waals surface area contributed by atoms with Crippen molar-refractivity contribution in [1.29, 1.82) is 0 Å². The van der Waals surface area contributed by atoms with Crippen molar-refractivity contribution in [3.8, 4) is 5.75 Å². The SMILES string of the molecule is CCCOC(=O)C1=C(C)Nc2nc(SCCC)nn2C1c1ccccc1OCCC. The number of nitrogens with one attached hydrogen (secondary N) is 1. The van der Waals surface area contributed by atoms with Crippen molar-refractivity contribution in [2.45, 2.75) is 58.2 Å². The largest absolute Gasteiger partial charge is 0.493 e. The number of benzene rings is 1. The molecule has 1 aromatic carbocycles. The van der Waals surface area contributed by atoms with Crippen LogP contribution in [-0.2, 0) is 9.53 Å². The second-order valence-electron chi connectivity index (χ2n) is 7.10. The monoisotopic (exact) mass is 430 g/mol. The Hall–Kier alpha value is -2.48. The first-order valence-corrected chi connectivity index (χ1v) is 11.5. The van der Waals surface area contributed by atoms with Crippen molar-refractivity contribution in [2.24, 2.45) is 0 Å². The number of aromatic nitrogens is 3. The second kappa shape index (κ2) is 10.5. The first-order chi connectivity index (χ1) is 14.6. The van der Waals surface area contributed by atoms with Gasteiger partial charge in [-0.1, -0.05) is 50.7 Å². The van der Waals surface area contributed by atoms with Crippen molar-refractivity contribution >= 4 is 23.7 Å². The number of esters is 1. The van der Waals surface area contributed by atoms with E-state index in [0.717, 1.165) is 42.0 Å². The molecule has 0 spiro atoms.